The van der Waals surface area contributed by atoms with Gasteiger partial charge in [0.2, 0.25) is 0 Å². The summed E-state index contributed by atoms with van der Waals surface area (Å²) < 4.78 is 11.0. The molecule has 0 radical (unpaired) electrons. The second-order valence-electron chi connectivity index (χ2n) is 5.37. The molecule has 1 aromatic carbocycles. The van der Waals surface area contributed by atoms with Crippen molar-refractivity contribution < 1.29 is 9.47 Å². The van der Waals surface area contributed by atoms with Gasteiger partial charge in [0.05, 0.1) is 14.2 Å². The molecule has 0 aliphatic heterocycles. The third-order valence-corrected chi connectivity index (χ3v) is 4.52. The van der Waals surface area contributed by atoms with E-state index in [1.54, 1.807) is 14.2 Å². The van der Waals surface area contributed by atoms with E-state index < -0.39 is 0 Å². The van der Waals surface area contributed by atoms with Crippen LogP contribution in [0, 0.1) is 0 Å². The average molecular weight is 263 g/mol. The molecule has 1 aliphatic rings. The van der Waals surface area contributed by atoms with Crippen molar-refractivity contribution in [2.75, 3.05) is 20.8 Å². The number of hydrogen-bond acceptors (Lipinski definition) is 3. The summed E-state index contributed by atoms with van der Waals surface area (Å²) in [6.07, 6.45) is 5.86. The number of benzene rings is 1. The van der Waals surface area contributed by atoms with Crippen molar-refractivity contribution in [2.24, 2.45) is 5.73 Å². The summed E-state index contributed by atoms with van der Waals surface area (Å²) in [6.45, 7) is 2.88. The third kappa shape index (κ3) is 2.32. The predicted octanol–water partition coefficient (Wildman–Crippen LogP) is 3.04. The minimum Gasteiger partial charge on any atom is -0.493 e. The zero-order valence-electron chi connectivity index (χ0n) is 12.3. The highest BCUT2D eigenvalue weighted by atomic mass is 16.5. The second kappa shape index (κ2) is 5.83. The zero-order valence-corrected chi connectivity index (χ0v) is 12.3. The van der Waals surface area contributed by atoms with Crippen molar-refractivity contribution in [3.8, 4) is 11.5 Å². The Kier molecular flexibility index (Phi) is 4.35. The Hall–Kier alpha value is -1.22. The fraction of sp³-hybridized carbons (Fsp3) is 0.625. The molecule has 0 saturated heterocycles. The van der Waals surface area contributed by atoms with Crippen molar-refractivity contribution in [1.29, 1.82) is 0 Å². The summed E-state index contributed by atoms with van der Waals surface area (Å²) >= 11 is 0. The van der Waals surface area contributed by atoms with Gasteiger partial charge in [-0.25, -0.2) is 0 Å². The Labute approximate surface area is 116 Å². The summed E-state index contributed by atoms with van der Waals surface area (Å²) in [4.78, 5) is 0. The number of ether oxygens (including phenoxy) is 2. The fourth-order valence-corrected chi connectivity index (χ4v) is 3.47. The molecular weight excluding hydrogens is 238 g/mol. The molecule has 2 N–H and O–H groups in total. The molecule has 3 heteroatoms. The van der Waals surface area contributed by atoms with E-state index in [2.05, 4.69) is 13.0 Å². The van der Waals surface area contributed by atoms with Gasteiger partial charge in [0.15, 0.2) is 11.5 Å². The lowest BCUT2D eigenvalue weighted by Gasteiger charge is -2.31. The normalized spacial score (nSPS) is 17.5. The van der Waals surface area contributed by atoms with Gasteiger partial charge in [-0.05, 0) is 30.9 Å². The molecule has 0 unspecified atom stereocenters. The van der Waals surface area contributed by atoms with Crippen LogP contribution in [0.5, 0.6) is 11.5 Å². The molecular formula is C16H25NO2. The van der Waals surface area contributed by atoms with Gasteiger partial charge in [0.25, 0.3) is 0 Å². The highest BCUT2D eigenvalue weighted by molar-refractivity contribution is 5.53. The van der Waals surface area contributed by atoms with Crippen molar-refractivity contribution in [3.05, 3.63) is 23.3 Å². The van der Waals surface area contributed by atoms with E-state index in [1.807, 2.05) is 6.07 Å². The summed E-state index contributed by atoms with van der Waals surface area (Å²) in [5.74, 6) is 1.69. The van der Waals surface area contributed by atoms with Gasteiger partial charge in [-0.15, -0.1) is 0 Å². The van der Waals surface area contributed by atoms with Crippen LogP contribution in [0.1, 0.15) is 43.7 Å². The van der Waals surface area contributed by atoms with Crippen LogP contribution in [0.3, 0.4) is 0 Å². The van der Waals surface area contributed by atoms with Crippen LogP contribution >= 0.6 is 0 Å². The molecule has 1 saturated carbocycles. The van der Waals surface area contributed by atoms with E-state index in [0.717, 1.165) is 24.5 Å². The maximum absolute atomic E-state index is 6.11. The molecule has 0 spiro atoms. The Morgan fingerprint density at radius 1 is 1.16 bits per heavy atom. The second-order valence-corrected chi connectivity index (χ2v) is 5.37. The van der Waals surface area contributed by atoms with Gasteiger partial charge in [0.1, 0.15) is 0 Å². The minimum atomic E-state index is 0.144. The zero-order chi connectivity index (χ0) is 13.9. The number of hydrogen-bond donors (Lipinski definition) is 1. The molecule has 106 valence electrons. The molecule has 0 heterocycles. The SMILES string of the molecule is CCc1c(C2(CN)CCCC2)ccc(OC)c1OC. The Bertz CT molecular complexity index is 437. The molecule has 0 aromatic heterocycles. The third-order valence-electron chi connectivity index (χ3n) is 4.52. The van der Waals surface area contributed by atoms with Gasteiger partial charge in [-0.1, -0.05) is 25.8 Å². The van der Waals surface area contributed by atoms with Crippen LogP contribution in [0.2, 0.25) is 0 Å². The lowest BCUT2D eigenvalue weighted by Crippen LogP contribution is -2.33. The van der Waals surface area contributed by atoms with Crippen molar-refractivity contribution >= 4 is 0 Å². The first kappa shape index (κ1) is 14.2. The molecule has 0 bridgehead atoms. The largest absolute Gasteiger partial charge is 0.493 e. The average Bonchev–Trinajstić information content (AvgIpc) is 2.95. The smallest absolute Gasteiger partial charge is 0.164 e. The molecule has 2 rings (SSSR count). The Morgan fingerprint density at radius 3 is 2.32 bits per heavy atom. The van der Waals surface area contributed by atoms with Gasteiger partial charge < -0.3 is 15.2 Å². The van der Waals surface area contributed by atoms with Crippen molar-refractivity contribution in [3.63, 3.8) is 0 Å². The van der Waals surface area contributed by atoms with Gasteiger partial charge >= 0.3 is 0 Å². The molecule has 3 nitrogen and oxygen atoms in total. The van der Waals surface area contributed by atoms with Crippen LogP contribution in [0.25, 0.3) is 0 Å². The van der Waals surface area contributed by atoms with Gasteiger partial charge in [0, 0.05) is 17.5 Å². The van der Waals surface area contributed by atoms with Gasteiger partial charge in [-0.3, -0.25) is 0 Å². The Balaban J connectivity index is 2.57. The van der Waals surface area contributed by atoms with E-state index in [4.69, 9.17) is 15.2 Å². The van der Waals surface area contributed by atoms with Crippen LogP contribution in [0.4, 0.5) is 0 Å². The van der Waals surface area contributed by atoms with Crippen LogP contribution in [-0.4, -0.2) is 20.8 Å². The molecule has 0 amide bonds. The number of methoxy groups -OCH3 is 2. The molecule has 0 atom stereocenters. The lowest BCUT2D eigenvalue weighted by atomic mass is 9.76. The lowest BCUT2D eigenvalue weighted by molar-refractivity contribution is 0.348. The predicted molar refractivity (Wildman–Crippen MR) is 78.1 cm³/mol. The van der Waals surface area contributed by atoms with Crippen molar-refractivity contribution in [2.45, 2.75) is 44.4 Å². The van der Waals surface area contributed by atoms with Crippen LogP contribution < -0.4 is 15.2 Å². The molecule has 19 heavy (non-hydrogen) atoms. The summed E-state index contributed by atoms with van der Waals surface area (Å²) in [7, 11) is 3.40. The maximum Gasteiger partial charge on any atom is 0.164 e. The quantitative estimate of drug-likeness (QED) is 0.888. The summed E-state index contributed by atoms with van der Waals surface area (Å²) in [5, 5.41) is 0. The van der Waals surface area contributed by atoms with Crippen LogP contribution in [-0.2, 0) is 11.8 Å². The fourth-order valence-electron chi connectivity index (χ4n) is 3.47. The van der Waals surface area contributed by atoms with E-state index in [0.29, 0.717) is 0 Å². The summed E-state index contributed by atoms with van der Waals surface area (Å²) in [5.41, 5.74) is 8.88. The van der Waals surface area contributed by atoms with Gasteiger partial charge in [-0.2, -0.15) is 0 Å². The van der Waals surface area contributed by atoms with Crippen LogP contribution in [0.15, 0.2) is 12.1 Å². The first-order valence-electron chi connectivity index (χ1n) is 7.16. The monoisotopic (exact) mass is 263 g/mol. The topological polar surface area (TPSA) is 44.5 Å². The highest BCUT2D eigenvalue weighted by Gasteiger charge is 2.36. The van der Waals surface area contributed by atoms with E-state index in [1.165, 1.54) is 36.8 Å². The maximum atomic E-state index is 6.11. The van der Waals surface area contributed by atoms with Crippen molar-refractivity contribution in [1.82, 2.24) is 0 Å². The van der Waals surface area contributed by atoms with E-state index >= 15 is 0 Å². The number of nitrogens with two attached hydrogens (primary N) is 1. The highest BCUT2D eigenvalue weighted by Crippen LogP contribution is 2.45. The summed E-state index contributed by atoms with van der Waals surface area (Å²) in [6, 6.07) is 4.21. The van der Waals surface area contributed by atoms with E-state index in [-0.39, 0.29) is 5.41 Å². The number of rotatable bonds is 5. The molecule has 1 aromatic rings. The van der Waals surface area contributed by atoms with E-state index in [9.17, 15) is 0 Å². The molecule has 1 fully saturated rings. The Morgan fingerprint density at radius 2 is 1.84 bits per heavy atom. The first-order chi connectivity index (χ1) is 9.22. The first-order valence-corrected chi connectivity index (χ1v) is 7.16. The molecule has 1 aliphatic carbocycles. The minimum absolute atomic E-state index is 0.144. The standard InChI is InChI=1S/C16H25NO2/c1-4-12-13(16(11-17)9-5-6-10-16)7-8-14(18-2)15(12)19-3/h7-8H,4-6,9-11,17H2,1-3H3.